The smallest absolute Gasteiger partial charge is 0.265 e. The third-order valence-electron chi connectivity index (χ3n) is 1.85. The van der Waals surface area contributed by atoms with E-state index in [2.05, 4.69) is 15.3 Å². The molecule has 0 aliphatic carbocycles. The van der Waals surface area contributed by atoms with Gasteiger partial charge < -0.3 is 10.1 Å². The van der Waals surface area contributed by atoms with Crippen molar-refractivity contribution in [1.29, 1.82) is 0 Å². The van der Waals surface area contributed by atoms with E-state index >= 15 is 0 Å². The largest absolute Gasteiger partial charge is 0.463 e. The number of fused-ring (bicyclic) bond motifs is 1. The zero-order valence-corrected chi connectivity index (χ0v) is 7.15. The van der Waals surface area contributed by atoms with Crippen molar-refractivity contribution in [3.63, 3.8) is 0 Å². The maximum atomic E-state index is 11.3. The van der Waals surface area contributed by atoms with E-state index in [4.69, 9.17) is 4.74 Å². The average Bonchev–Trinajstić information content (AvgIpc) is 2.17. The van der Waals surface area contributed by atoms with Gasteiger partial charge in [-0.15, -0.1) is 0 Å². The number of hydrogen-bond acceptors (Lipinski definition) is 4. The summed E-state index contributed by atoms with van der Waals surface area (Å²) in [6.07, 6.45) is 3.12. The molecule has 0 aromatic carbocycles. The Morgan fingerprint density at radius 3 is 3.31 bits per heavy atom. The third kappa shape index (κ3) is 1.32. The molecule has 2 rings (SSSR count). The topological polar surface area (TPSA) is 64.1 Å². The first kappa shape index (κ1) is 7.97. The summed E-state index contributed by atoms with van der Waals surface area (Å²) in [6.45, 7) is 1.89. The number of ether oxygens (including phenoxy) is 1. The van der Waals surface area contributed by atoms with Crippen LogP contribution < -0.4 is 10.1 Å². The lowest BCUT2D eigenvalue weighted by atomic mass is 10.2. The minimum Gasteiger partial charge on any atom is -0.463 e. The summed E-state index contributed by atoms with van der Waals surface area (Å²) >= 11 is 0. The van der Waals surface area contributed by atoms with Gasteiger partial charge in [-0.25, -0.2) is 4.98 Å². The third-order valence-corrected chi connectivity index (χ3v) is 1.85. The highest BCUT2D eigenvalue weighted by molar-refractivity contribution is 5.96. The van der Waals surface area contributed by atoms with Crippen LogP contribution in [0.2, 0.25) is 0 Å². The molecule has 0 saturated carbocycles. The lowest BCUT2D eigenvalue weighted by molar-refractivity contribution is -0.123. The van der Waals surface area contributed by atoms with E-state index in [1.54, 1.807) is 0 Å². The molecule has 0 fully saturated rings. The maximum Gasteiger partial charge on any atom is 0.265 e. The fourth-order valence-electron chi connectivity index (χ4n) is 1.17. The highest BCUT2D eigenvalue weighted by Crippen LogP contribution is 2.25. The van der Waals surface area contributed by atoms with Gasteiger partial charge in [0.1, 0.15) is 12.0 Å². The van der Waals surface area contributed by atoms with Crippen molar-refractivity contribution in [1.82, 2.24) is 9.97 Å². The van der Waals surface area contributed by atoms with Crippen LogP contribution in [0, 0.1) is 0 Å². The van der Waals surface area contributed by atoms with Crippen LogP contribution in [0.25, 0.3) is 0 Å². The Morgan fingerprint density at radius 1 is 1.69 bits per heavy atom. The molecule has 68 valence electrons. The summed E-state index contributed by atoms with van der Waals surface area (Å²) in [6, 6.07) is 0. The van der Waals surface area contributed by atoms with Gasteiger partial charge >= 0.3 is 0 Å². The van der Waals surface area contributed by atoms with Crippen LogP contribution in [0.3, 0.4) is 0 Å². The Morgan fingerprint density at radius 2 is 2.54 bits per heavy atom. The molecule has 5 heteroatoms. The summed E-state index contributed by atoms with van der Waals surface area (Å²) in [7, 11) is 0. The average molecular weight is 179 g/mol. The van der Waals surface area contributed by atoms with E-state index in [0.717, 1.165) is 0 Å². The van der Waals surface area contributed by atoms with E-state index < -0.39 is 6.10 Å². The second-order valence-electron chi connectivity index (χ2n) is 2.75. The van der Waals surface area contributed by atoms with Crippen molar-refractivity contribution >= 4 is 11.6 Å². The summed E-state index contributed by atoms with van der Waals surface area (Å²) in [5.74, 6) is 0.311. The number of carbonyl (C=O) groups excluding carboxylic acids is 1. The SMILES string of the molecule is CCC1Oc2ncncc2NC1=O. The normalized spacial score (nSPS) is 20.1. The van der Waals surface area contributed by atoms with Crippen LogP contribution >= 0.6 is 0 Å². The Bertz CT molecular complexity index is 340. The number of nitrogens with zero attached hydrogens (tertiary/aromatic N) is 2. The van der Waals surface area contributed by atoms with Crippen LogP contribution in [0.5, 0.6) is 5.88 Å². The first-order valence-electron chi connectivity index (χ1n) is 4.08. The van der Waals surface area contributed by atoms with Gasteiger partial charge in [-0.1, -0.05) is 6.92 Å². The van der Waals surface area contributed by atoms with E-state index in [1.165, 1.54) is 12.5 Å². The molecule has 1 atom stereocenters. The predicted octanol–water partition coefficient (Wildman–Crippen LogP) is 0.586. The van der Waals surface area contributed by atoms with Crippen LogP contribution in [0.1, 0.15) is 13.3 Å². The molecule has 0 bridgehead atoms. The standard InChI is InChI=1S/C8H9N3O2/c1-2-6-7(12)11-5-3-9-4-10-8(5)13-6/h3-4,6H,2H2,1H3,(H,11,12). The summed E-state index contributed by atoms with van der Waals surface area (Å²) in [5, 5.41) is 2.67. The molecule has 2 heterocycles. The first-order valence-corrected chi connectivity index (χ1v) is 4.08. The number of anilines is 1. The highest BCUT2D eigenvalue weighted by atomic mass is 16.5. The molecule has 1 aromatic heterocycles. The van der Waals surface area contributed by atoms with Crippen molar-refractivity contribution in [2.75, 3.05) is 5.32 Å². The molecule has 1 aliphatic rings. The van der Waals surface area contributed by atoms with Gasteiger partial charge in [0.2, 0.25) is 5.88 Å². The van der Waals surface area contributed by atoms with E-state index in [1.807, 2.05) is 6.92 Å². The van der Waals surface area contributed by atoms with Crippen molar-refractivity contribution in [2.45, 2.75) is 19.4 Å². The Labute approximate surface area is 75.1 Å². The van der Waals surface area contributed by atoms with Gasteiger partial charge in [-0.2, -0.15) is 4.98 Å². The molecule has 0 saturated heterocycles. The number of carbonyl (C=O) groups is 1. The van der Waals surface area contributed by atoms with E-state index in [9.17, 15) is 4.79 Å². The minimum atomic E-state index is -0.428. The van der Waals surface area contributed by atoms with E-state index in [0.29, 0.717) is 18.0 Å². The molecule has 1 amide bonds. The van der Waals surface area contributed by atoms with Gasteiger partial charge in [0.15, 0.2) is 6.10 Å². The van der Waals surface area contributed by atoms with E-state index in [-0.39, 0.29) is 5.91 Å². The van der Waals surface area contributed by atoms with Crippen molar-refractivity contribution < 1.29 is 9.53 Å². The molecule has 0 spiro atoms. The zero-order valence-electron chi connectivity index (χ0n) is 7.15. The molecule has 1 aliphatic heterocycles. The number of amides is 1. The number of hydrogen-bond donors (Lipinski definition) is 1. The Hall–Kier alpha value is -1.65. The molecule has 0 radical (unpaired) electrons. The minimum absolute atomic E-state index is 0.134. The van der Waals surface area contributed by atoms with Crippen LogP contribution in [-0.2, 0) is 4.79 Å². The van der Waals surface area contributed by atoms with Gasteiger partial charge in [0.25, 0.3) is 5.91 Å². The number of rotatable bonds is 1. The Balaban J connectivity index is 2.33. The monoisotopic (exact) mass is 179 g/mol. The lowest BCUT2D eigenvalue weighted by Gasteiger charge is -2.22. The fraction of sp³-hybridized carbons (Fsp3) is 0.375. The molecule has 13 heavy (non-hydrogen) atoms. The zero-order chi connectivity index (χ0) is 9.26. The predicted molar refractivity (Wildman–Crippen MR) is 45.4 cm³/mol. The highest BCUT2D eigenvalue weighted by Gasteiger charge is 2.26. The molecule has 1 N–H and O–H groups in total. The van der Waals surface area contributed by atoms with Crippen LogP contribution in [-0.4, -0.2) is 22.0 Å². The van der Waals surface area contributed by atoms with Crippen molar-refractivity contribution in [3.8, 4) is 5.88 Å². The van der Waals surface area contributed by atoms with Crippen molar-refractivity contribution in [3.05, 3.63) is 12.5 Å². The van der Waals surface area contributed by atoms with Crippen molar-refractivity contribution in [2.24, 2.45) is 0 Å². The fourth-order valence-corrected chi connectivity index (χ4v) is 1.17. The summed E-state index contributed by atoms with van der Waals surface area (Å²) in [5.41, 5.74) is 0.539. The second-order valence-corrected chi connectivity index (χ2v) is 2.75. The summed E-state index contributed by atoms with van der Waals surface area (Å²) < 4.78 is 5.33. The maximum absolute atomic E-state index is 11.3. The van der Waals surface area contributed by atoms with Gasteiger partial charge in [0.05, 0.1) is 6.20 Å². The van der Waals surface area contributed by atoms with Gasteiger partial charge in [-0.05, 0) is 6.42 Å². The van der Waals surface area contributed by atoms with Gasteiger partial charge in [-0.3, -0.25) is 4.79 Å². The molecule has 5 nitrogen and oxygen atoms in total. The quantitative estimate of drug-likeness (QED) is 0.685. The molecular formula is C8H9N3O2. The Kier molecular flexibility index (Phi) is 1.84. The van der Waals surface area contributed by atoms with Crippen LogP contribution in [0.4, 0.5) is 5.69 Å². The van der Waals surface area contributed by atoms with Gasteiger partial charge in [0, 0.05) is 0 Å². The number of aromatic nitrogens is 2. The van der Waals surface area contributed by atoms with Crippen LogP contribution in [0.15, 0.2) is 12.5 Å². The second kappa shape index (κ2) is 3.01. The number of nitrogens with one attached hydrogen (secondary N) is 1. The lowest BCUT2D eigenvalue weighted by Crippen LogP contribution is -2.36. The summed E-state index contributed by atoms with van der Waals surface area (Å²) in [4.78, 5) is 19.0. The first-order chi connectivity index (χ1) is 6.31. The molecule has 1 aromatic rings. The molecular weight excluding hydrogens is 170 g/mol. The molecule has 1 unspecified atom stereocenters.